The van der Waals surface area contributed by atoms with E-state index in [1.165, 1.54) is 11.3 Å². The number of aryl methyl sites for hydroxylation is 1. The fourth-order valence-corrected chi connectivity index (χ4v) is 3.40. The minimum absolute atomic E-state index is 0.187. The van der Waals surface area contributed by atoms with Crippen LogP contribution in [0.25, 0.3) is 22.2 Å². The maximum atomic E-state index is 12.9. The van der Waals surface area contributed by atoms with Crippen molar-refractivity contribution in [2.75, 3.05) is 5.32 Å². The van der Waals surface area contributed by atoms with Gasteiger partial charge in [-0.25, -0.2) is 9.97 Å². The number of rotatable bonds is 3. The number of nitrogens with one attached hydrogen (secondary N) is 1. The summed E-state index contributed by atoms with van der Waals surface area (Å²) < 4.78 is 0. The Morgan fingerprint density at radius 1 is 1.08 bits per heavy atom. The van der Waals surface area contributed by atoms with E-state index in [0.717, 1.165) is 22.2 Å². The van der Waals surface area contributed by atoms with Crippen LogP contribution in [0, 0.1) is 6.92 Å². The number of hydrogen-bond acceptors (Lipinski definition) is 5. The molecule has 0 atom stereocenters. The molecule has 4 rings (SSSR count). The molecule has 0 saturated carbocycles. The number of nitrogens with zero attached hydrogens (tertiary/aromatic N) is 2. The van der Waals surface area contributed by atoms with Gasteiger partial charge < -0.3 is 5.11 Å². The van der Waals surface area contributed by atoms with E-state index in [1.54, 1.807) is 30.3 Å². The molecule has 0 bridgehead atoms. The first-order chi connectivity index (χ1) is 12.6. The van der Waals surface area contributed by atoms with Crippen LogP contribution in [-0.2, 0) is 0 Å². The summed E-state index contributed by atoms with van der Waals surface area (Å²) in [6.07, 6.45) is 0. The first-order valence-corrected chi connectivity index (χ1v) is 8.91. The van der Waals surface area contributed by atoms with E-state index in [0.29, 0.717) is 16.4 Å². The third kappa shape index (κ3) is 3.14. The predicted octanol–water partition coefficient (Wildman–Crippen LogP) is 4.62. The van der Waals surface area contributed by atoms with Crippen LogP contribution in [0.4, 0.5) is 5.13 Å². The number of aromatic hydroxyl groups is 1. The zero-order valence-electron chi connectivity index (χ0n) is 13.9. The van der Waals surface area contributed by atoms with Gasteiger partial charge >= 0.3 is 0 Å². The van der Waals surface area contributed by atoms with Crippen molar-refractivity contribution >= 4 is 33.3 Å². The second kappa shape index (κ2) is 6.57. The summed E-state index contributed by atoms with van der Waals surface area (Å²) in [6, 6.07) is 16.1. The van der Waals surface area contributed by atoms with Crippen molar-refractivity contribution in [1.82, 2.24) is 9.97 Å². The molecule has 0 radical (unpaired) electrons. The van der Waals surface area contributed by atoms with Crippen molar-refractivity contribution in [3.8, 4) is 17.0 Å². The van der Waals surface area contributed by atoms with Crippen molar-refractivity contribution in [2.45, 2.75) is 6.92 Å². The number of thiazole rings is 1. The third-order valence-electron chi connectivity index (χ3n) is 3.96. The molecular formula is C20H15N3O2S. The normalized spacial score (nSPS) is 10.8. The smallest absolute Gasteiger partial charge is 0.258 e. The van der Waals surface area contributed by atoms with Gasteiger partial charge in [0.1, 0.15) is 5.75 Å². The quantitative estimate of drug-likeness (QED) is 0.558. The van der Waals surface area contributed by atoms with Gasteiger partial charge in [0.15, 0.2) is 5.13 Å². The zero-order chi connectivity index (χ0) is 18.1. The van der Waals surface area contributed by atoms with Crippen molar-refractivity contribution in [1.29, 1.82) is 0 Å². The van der Waals surface area contributed by atoms with Crippen molar-refractivity contribution in [2.24, 2.45) is 0 Å². The number of carbonyl (C=O) groups excluding carboxylic acids is 1. The molecule has 4 aromatic rings. The zero-order valence-corrected chi connectivity index (χ0v) is 14.7. The highest BCUT2D eigenvalue weighted by Crippen LogP contribution is 2.27. The summed E-state index contributed by atoms with van der Waals surface area (Å²) in [4.78, 5) is 21.8. The summed E-state index contributed by atoms with van der Waals surface area (Å²) in [7, 11) is 0. The SMILES string of the molecule is Cc1csc(NC(=O)c2cc(-c3ccc(O)cc3)nc3ccccc23)n1. The maximum absolute atomic E-state index is 12.9. The summed E-state index contributed by atoms with van der Waals surface area (Å²) >= 11 is 1.39. The number of aromatic nitrogens is 2. The van der Waals surface area contributed by atoms with Crippen LogP contribution in [0.3, 0.4) is 0 Å². The number of phenolic OH excluding ortho intramolecular Hbond substituents is 1. The second-order valence-electron chi connectivity index (χ2n) is 5.87. The molecule has 0 aliphatic heterocycles. The fourth-order valence-electron chi connectivity index (χ4n) is 2.72. The fraction of sp³-hybridized carbons (Fsp3) is 0.0500. The molecular weight excluding hydrogens is 346 g/mol. The van der Waals surface area contributed by atoms with Crippen LogP contribution in [-0.4, -0.2) is 21.0 Å². The highest BCUT2D eigenvalue weighted by molar-refractivity contribution is 7.13. The van der Waals surface area contributed by atoms with Crippen LogP contribution < -0.4 is 5.32 Å². The summed E-state index contributed by atoms with van der Waals surface area (Å²) in [6.45, 7) is 1.89. The molecule has 2 N–H and O–H groups in total. The van der Waals surface area contributed by atoms with Gasteiger partial charge in [0.25, 0.3) is 5.91 Å². The number of phenols is 1. The summed E-state index contributed by atoms with van der Waals surface area (Å²) in [5, 5.41) is 15.6. The van der Waals surface area contributed by atoms with E-state index >= 15 is 0 Å². The molecule has 0 spiro atoms. The Bertz CT molecular complexity index is 1100. The molecule has 5 nitrogen and oxygen atoms in total. The first-order valence-electron chi connectivity index (χ1n) is 8.03. The van der Waals surface area contributed by atoms with E-state index < -0.39 is 0 Å². The molecule has 2 aromatic heterocycles. The maximum Gasteiger partial charge on any atom is 0.258 e. The van der Waals surface area contributed by atoms with Gasteiger partial charge in [0.05, 0.1) is 22.5 Å². The molecule has 0 aliphatic carbocycles. The minimum Gasteiger partial charge on any atom is -0.508 e. The molecule has 0 fully saturated rings. The Morgan fingerprint density at radius 2 is 1.85 bits per heavy atom. The van der Waals surface area contributed by atoms with Gasteiger partial charge in [0, 0.05) is 16.3 Å². The average molecular weight is 361 g/mol. The number of hydrogen-bond donors (Lipinski definition) is 2. The Kier molecular flexibility index (Phi) is 4.10. The third-order valence-corrected chi connectivity index (χ3v) is 4.84. The Hall–Kier alpha value is -3.25. The Labute approximate surface area is 154 Å². The van der Waals surface area contributed by atoms with Crippen molar-refractivity contribution < 1.29 is 9.90 Å². The molecule has 2 aromatic carbocycles. The molecule has 26 heavy (non-hydrogen) atoms. The highest BCUT2D eigenvalue weighted by Gasteiger charge is 2.15. The molecule has 0 aliphatic rings. The van der Waals surface area contributed by atoms with E-state index in [2.05, 4.69) is 15.3 Å². The van der Waals surface area contributed by atoms with Crippen molar-refractivity contribution in [3.63, 3.8) is 0 Å². The number of para-hydroxylation sites is 1. The van der Waals surface area contributed by atoms with E-state index in [1.807, 2.05) is 36.6 Å². The van der Waals surface area contributed by atoms with Crippen molar-refractivity contribution in [3.05, 3.63) is 71.2 Å². The van der Waals surface area contributed by atoms with Crippen LogP contribution in [0.2, 0.25) is 0 Å². The van der Waals surface area contributed by atoms with Crippen LogP contribution in [0.5, 0.6) is 5.75 Å². The number of anilines is 1. The molecule has 0 saturated heterocycles. The number of carbonyl (C=O) groups is 1. The lowest BCUT2D eigenvalue weighted by Gasteiger charge is -2.09. The van der Waals surface area contributed by atoms with Crippen LogP contribution in [0.15, 0.2) is 60.0 Å². The Morgan fingerprint density at radius 3 is 2.58 bits per heavy atom. The highest BCUT2D eigenvalue weighted by atomic mass is 32.1. The molecule has 128 valence electrons. The topological polar surface area (TPSA) is 75.1 Å². The molecule has 1 amide bonds. The van der Waals surface area contributed by atoms with Gasteiger partial charge in [-0.3, -0.25) is 10.1 Å². The van der Waals surface area contributed by atoms with Crippen LogP contribution >= 0.6 is 11.3 Å². The largest absolute Gasteiger partial charge is 0.508 e. The minimum atomic E-state index is -0.224. The first kappa shape index (κ1) is 16.2. The lowest BCUT2D eigenvalue weighted by atomic mass is 10.0. The molecule has 0 unspecified atom stereocenters. The lowest BCUT2D eigenvalue weighted by Crippen LogP contribution is -2.13. The summed E-state index contributed by atoms with van der Waals surface area (Å²) in [5.74, 6) is -0.0374. The average Bonchev–Trinajstić information content (AvgIpc) is 3.06. The molecule has 2 heterocycles. The van der Waals surface area contributed by atoms with Crippen LogP contribution in [0.1, 0.15) is 16.1 Å². The van der Waals surface area contributed by atoms with E-state index in [4.69, 9.17) is 0 Å². The molecule has 6 heteroatoms. The number of pyridine rings is 1. The van der Waals surface area contributed by atoms with Gasteiger partial charge in [-0.15, -0.1) is 11.3 Å². The van der Waals surface area contributed by atoms with Gasteiger partial charge in [-0.05, 0) is 43.3 Å². The number of amides is 1. The number of benzene rings is 2. The lowest BCUT2D eigenvalue weighted by molar-refractivity contribution is 0.102. The second-order valence-corrected chi connectivity index (χ2v) is 6.73. The number of fused-ring (bicyclic) bond motifs is 1. The Balaban J connectivity index is 1.81. The van der Waals surface area contributed by atoms with Gasteiger partial charge in [-0.2, -0.15) is 0 Å². The standard InChI is InChI=1S/C20H15N3O2S/c1-12-11-26-20(21-12)23-19(25)16-10-18(13-6-8-14(24)9-7-13)22-17-5-3-2-4-15(16)17/h2-11,24H,1H3,(H,21,23,25). The summed E-state index contributed by atoms with van der Waals surface area (Å²) in [5.41, 5.74) is 3.64. The van der Waals surface area contributed by atoms with E-state index in [-0.39, 0.29) is 11.7 Å². The van der Waals surface area contributed by atoms with Gasteiger partial charge in [0.2, 0.25) is 0 Å². The monoisotopic (exact) mass is 361 g/mol. The van der Waals surface area contributed by atoms with Gasteiger partial charge in [-0.1, -0.05) is 18.2 Å². The van der Waals surface area contributed by atoms with E-state index in [9.17, 15) is 9.90 Å². The predicted molar refractivity (Wildman–Crippen MR) is 104 cm³/mol.